The quantitative estimate of drug-likeness (QED) is 0.707. The Morgan fingerprint density at radius 3 is 2.67 bits per heavy atom. The van der Waals surface area contributed by atoms with Crippen LogP contribution in [0.5, 0.6) is 5.75 Å². The van der Waals surface area contributed by atoms with Crippen molar-refractivity contribution in [1.29, 1.82) is 0 Å². The molecule has 0 unspecified atom stereocenters. The molecule has 0 bridgehead atoms. The maximum atomic E-state index is 12.8. The van der Waals surface area contributed by atoms with Gasteiger partial charge in [0.1, 0.15) is 11.6 Å². The monoisotopic (exact) mass is 367 g/mol. The van der Waals surface area contributed by atoms with Gasteiger partial charge in [0.05, 0.1) is 0 Å². The van der Waals surface area contributed by atoms with Crippen molar-refractivity contribution in [1.82, 2.24) is 5.32 Å². The van der Waals surface area contributed by atoms with E-state index in [0.29, 0.717) is 12.3 Å². The lowest BCUT2D eigenvalue weighted by Crippen LogP contribution is -2.37. The molecule has 128 valence electrons. The normalized spacial score (nSPS) is 11.8. The number of carbonyl (C=O) groups excluding carboxylic acids is 1. The van der Waals surface area contributed by atoms with Crippen LogP contribution >= 0.6 is 23.4 Å². The Labute approximate surface area is 150 Å². The Morgan fingerprint density at radius 2 is 1.96 bits per heavy atom. The van der Waals surface area contributed by atoms with Crippen LogP contribution in [0.2, 0.25) is 5.02 Å². The zero-order chi connectivity index (χ0) is 17.4. The zero-order valence-electron chi connectivity index (χ0n) is 13.3. The molecule has 0 fully saturated rings. The van der Waals surface area contributed by atoms with Crippen molar-refractivity contribution in [3.8, 4) is 5.75 Å². The summed E-state index contributed by atoms with van der Waals surface area (Å²) < 4.78 is 18.3. The zero-order valence-corrected chi connectivity index (χ0v) is 14.9. The third-order valence-electron chi connectivity index (χ3n) is 3.26. The number of thioether (sulfide) groups is 1. The van der Waals surface area contributed by atoms with Crippen molar-refractivity contribution >= 4 is 29.3 Å². The molecule has 2 aromatic rings. The van der Waals surface area contributed by atoms with Crippen molar-refractivity contribution in [2.45, 2.75) is 18.8 Å². The lowest BCUT2D eigenvalue weighted by Gasteiger charge is -2.14. The fraction of sp³-hybridized carbons (Fsp3) is 0.278. The number of nitrogens with one attached hydrogen (secondary N) is 1. The van der Waals surface area contributed by atoms with Crippen LogP contribution in [0.15, 0.2) is 48.5 Å². The number of rotatable bonds is 8. The summed E-state index contributed by atoms with van der Waals surface area (Å²) in [7, 11) is 0. The molecule has 0 saturated heterocycles. The van der Waals surface area contributed by atoms with E-state index in [0.717, 1.165) is 22.1 Å². The topological polar surface area (TPSA) is 38.3 Å². The van der Waals surface area contributed by atoms with Gasteiger partial charge in [-0.25, -0.2) is 4.39 Å². The number of hydrogen-bond acceptors (Lipinski definition) is 3. The molecular formula is C18H19ClFNO2S. The molecule has 2 aromatic carbocycles. The van der Waals surface area contributed by atoms with Gasteiger partial charge in [0.2, 0.25) is 0 Å². The minimum atomic E-state index is -0.635. The SMILES string of the molecule is C[C@H](Oc1ccc(F)cc1)C(=O)NCCSCc1ccccc1Cl. The lowest BCUT2D eigenvalue weighted by molar-refractivity contribution is -0.127. The largest absolute Gasteiger partial charge is 0.481 e. The maximum absolute atomic E-state index is 12.8. The summed E-state index contributed by atoms with van der Waals surface area (Å²) >= 11 is 7.79. The Bertz CT molecular complexity index is 666. The third-order valence-corrected chi connectivity index (χ3v) is 4.63. The molecule has 1 N–H and O–H groups in total. The van der Waals surface area contributed by atoms with Crippen LogP contribution in [0.1, 0.15) is 12.5 Å². The molecule has 0 heterocycles. The molecule has 0 aliphatic heterocycles. The number of amides is 1. The van der Waals surface area contributed by atoms with Gasteiger partial charge in [-0.05, 0) is 42.8 Å². The molecule has 0 aliphatic rings. The number of benzene rings is 2. The second-order valence-electron chi connectivity index (χ2n) is 5.15. The van der Waals surface area contributed by atoms with Gasteiger partial charge in [-0.15, -0.1) is 0 Å². The van der Waals surface area contributed by atoms with Crippen molar-refractivity contribution in [3.63, 3.8) is 0 Å². The molecule has 24 heavy (non-hydrogen) atoms. The summed E-state index contributed by atoms with van der Waals surface area (Å²) in [5.41, 5.74) is 1.09. The summed E-state index contributed by atoms with van der Waals surface area (Å²) in [6.45, 7) is 2.21. The summed E-state index contributed by atoms with van der Waals surface area (Å²) in [5.74, 6) is 1.51. The van der Waals surface area contributed by atoms with Crippen molar-refractivity contribution < 1.29 is 13.9 Å². The molecule has 0 spiro atoms. The van der Waals surface area contributed by atoms with Gasteiger partial charge in [0.15, 0.2) is 6.10 Å². The predicted octanol–water partition coefficient (Wildman–Crippen LogP) is 4.30. The predicted molar refractivity (Wildman–Crippen MR) is 97.1 cm³/mol. The first kappa shape index (κ1) is 18.6. The lowest BCUT2D eigenvalue weighted by atomic mass is 10.2. The first-order valence-corrected chi connectivity index (χ1v) is 9.10. The van der Waals surface area contributed by atoms with Crippen LogP contribution in [-0.2, 0) is 10.5 Å². The van der Waals surface area contributed by atoms with E-state index < -0.39 is 6.10 Å². The Kier molecular flexibility index (Phi) is 7.40. The van der Waals surface area contributed by atoms with E-state index in [-0.39, 0.29) is 11.7 Å². The van der Waals surface area contributed by atoms with Crippen molar-refractivity contribution in [3.05, 3.63) is 64.9 Å². The Balaban J connectivity index is 1.65. The molecule has 0 aromatic heterocycles. The first-order chi connectivity index (χ1) is 11.6. The van der Waals surface area contributed by atoms with E-state index in [1.165, 1.54) is 24.3 Å². The molecule has 0 aliphatic carbocycles. The van der Waals surface area contributed by atoms with Gasteiger partial charge in [0.25, 0.3) is 5.91 Å². The van der Waals surface area contributed by atoms with Crippen LogP contribution in [0, 0.1) is 5.82 Å². The van der Waals surface area contributed by atoms with Gasteiger partial charge in [-0.3, -0.25) is 4.79 Å². The molecule has 3 nitrogen and oxygen atoms in total. The van der Waals surface area contributed by atoms with Crippen LogP contribution in [-0.4, -0.2) is 24.3 Å². The van der Waals surface area contributed by atoms with Crippen LogP contribution < -0.4 is 10.1 Å². The Morgan fingerprint density at radius 1 is 1.25 bits per heavy atom. The third kappa shape index (κ3) is 6.06. The second-order valence-corrected chi connectivity index (χ2v) is 6.66. The molecule has 1 atom stereocenters. The summed E-state index contributed by atoms with van der Waals surface area (Å²) in [6, 6.07) is 13.3. The minimum absolute atomic E-state index is 0.197. The van der Waals surface area contributed by atoms with E-state index in [9.17, 15) is 9.18 Å². The highest BCUT2D eigenvalue weighted by atomic mass is 35.5. The van der Waals surface area contributed by atoms with E-state index in [1.807, 2.05) is 24.3 Å². The van der Waals surface area contributed by atoms with Gasteiger partial charge >= 0.3 is 0 Å². The fourth-order valence-corrected chi connectivity index (χ4v) is 3.10. The molecule has 2 rings (SSSR count). The summed E-state index contributed by atoms with van der Waals surface area (Å²) in [5, 5.41) is 3.58. The number of hydrogen-bond donors (Lipinski definition) is 1. The van der Waals surface area contributed by atoms with Gasteiger partial charge < -0.3 is 10.1 Å². The first-order valence-electron chi connectivity index (χ1n) is 7.57. The highest BCUT2D eigenvalue weighted by Gasteiger charge is 2.13. The molecule has 0 saturated carbocycles. The molecule has 6 heteroatoms. The number of ether oxygens (including phenoxy) is 1. The van der Waals surface area contributed by atoms with Crippen LogP contribution in [0.3, 0.4) is 0 Å². The number of carbonyl (C=O) groups is 1. The van der Waals surface area contributed by atoms with Gasteiger partial charge in [-0.1, -0.05) is 29.8 Å². The maximum Gasteiger partial charge on any atom is 0.260 e. The highest BCUT2D eigenvalue weighted by Crippen LogP contribution is 2.20. The van der Waals surface area contributed by atoms with E-state index in [2.05, 4.69) is 5.32 Å². The molecule has 0 radical (unpaired) electrons. The molecular weight excluding hydrogens is 349 g/mol. The summed E-state index contributed by atoms with van der Waals surface area (Å²) in [6.07, 6.45) is -0.635. The van der Waals surface area contributed by atoms with Gasteiger partial charge in [0, 0.05) is 23.1 Å². The van der Waals surface area contributed by atoms with Gasteiger partial charge in [-0.2, -0.15) is 11.8 Å². The average Bonchev–Trinajstić information content (AvgIpc) is 2.58. The molecule has 1 amide bonds. The summed E-state index contributed by atoms with van der Waals surface area (Å²) in [4.78, 5) is 12.0. The van der Waals surface area contributed by atoms with Crippen molar-refractivity contribution in [2.24, 2.45) is 0 Å². The van der Waals surface area contributed by atoms with Crippen molar-refractivity contribution in [2.75, 3.05) is 12.3 Å². The van der Waals surface area contributed by atoms with Crippen LogP contribution in [0.4, 0.5) is 4.39 Å². The smallest absolute Gasteiger partial charge is 0.260 e. The second kappa shape index (κ2) is 9.55. The standard InChI is InChI=1S/C18H19ClFNO2S/c1-13(23-16-8-6-15(20)7-9-16)18(22)21-10-11-24-12-14-4-2-3-5-17(14)19/h2-9,13H,10-12H2,1H3,(H,21,22)/t13-/m0/s1. The highest BCUT2D eigenvalue weighted by molar-refractivity contribution is 7.98. The van der Waals surface area contributed by atoms with Crippen LogP contribution in [0.25, 0.3) is 0 Å². The van der Waals surface area contributed by atoms with E-state index in [1.54, 1.807) is 18.7 Å². The van der Waals surface area contributed by atoms with E-state index in [4.69, 9.17) is 16.3 Å². The fourth-order valence-electron chi connectivity index (χ4n) is 1.96. The number of halogens is 2. The average molecular weight is 368 g/mol. The Hall–Kier alpha value is -1.72. The minimum Gasteiger partial charge on any atom is -0.481 e. The van der Waals surface area contributed by atoms with E-state index >= 15 is 0 Å².